The van der Waals surface area contributed by atoms with Crippen molar-refractivity contribution in [2.75, 3.05) is 7.11 Å². The Labute approximate surface area is 156 Å². The lowest BCUT2D eigenvalue weighted by Crippen LogP contribution is -2.42. The van der Waals surface area contributed by atoms with Crippen molar-refractivity contribution in [2.24, 2.45) is 0 Å². The van der Waals surface area contributed by atoms with E-state index in [4.69, 9.17) is 4.74 Å². The van der Waals surface area contributed by atoms with Crippen molar-refractivity contribution in [2.45, 2.75) is 13.8 Å². The van der Waals surface area contributed by atoms with Crippen LogP contribution >= 0.6 is 0 Å². The number of aromatic nitrogens is 2. The number of amides is 2. The van der Waals surface area contributed by atoms with Gasteiger partial charge in [0.2, 0.25) is 0 Å². The normalized spacial score (nSPS) is 10.3. The van der Waals surface area contributed by atoms with Gasteiger partial charge in [0.1, 0.15) is 11.4 Å². The average Bonchev–Trinajstić information content (AvgIpc) is 3.16. The maximum absolute atomic E-state index is 12.2. The number of carbonyl (C=O) groups excluding carboxylic acids is 2. The lowest BCUT2D eigenvalue weighted by Gasteiger charge is -2.09. The van der Waals surface area contributed by atoms with Crippen LogP contribution in [-0.2, 0) is 0 Å². The molecule has 0 bridgehead atoms. The Morgan fingerprint density at radius 3 is 2.33 bits per heavy atom. The Bertz CT molecular complexity index is 977. The Kier molecular flexibility index (Phi) is 5.21. The summed E-state index contributed by atoms with van der Waals surface area (Å²) >= 11 is 0. The number of aryl methyl sites for hydroxylation is 2. The Balaban J connectivity index is 1.64. The van der Waals surface area contributed by atoms with Gasteiger partial charge in [-0.15, -0.1) is 0 Å². The number of hydrogen-bond acceptors (Lipinski definition) is 4. The second-order valence-corrected chi connectivity index (χ2v) is 6.12. The predicted octanol–water partition coefficient (Wildman–Crippen LogP) is 2.78. The molecule has 0 saturated carbocycles. The van der Waals surface area contributed by atoms with Gasteiger partial charge in [-0.25, -0.2) is 0 Å². The summed E-state index contributed by atoms with van der Waals surface area (Å²) < 4.78 is 5.12. The Hall–Kier alpha value is -3.61. The summed E-state index contributed by atoms with van der Waals surface area (Å²) in [5.41, 5.74) is 8.91. The summed E-state index contributed by atoms with van der Waals surface area (Å²) in [5.74, 6) is -0.127. The molecule has 0 aliphatic carbocycles. The van der Waals surface area contributed by atoms with Gasteiger partial charge in [-0.05, 0) is 55.8 Å². The van der Waals surface area contributed by atoms with E-state index in [9.17, 15) is 9.59 Å². The molecule has 1 aromatic heterocycles. The standard InChI is InChI=1S/C20H20N4O3/c1-12-4-9-16(13(2)10-12)19(25)23-24-20(26)18-11-17(21-22-18)14-5-7-15(27-3)8-6-14/h4-11H,1-3H3,(H,21,22)(H,23,25)(H,24,26). The van der Waals surface area contributed by atoms with Crippen molar-refractivity contribution in [3.05, 3.63) is 70.9 Å². The zero-order valence-electron chi connectivity index (χ0n) is 15.3. The van der Waals surface area contributed by atoms with E-state index < -0.39 is 5.91 Å². The molecule has 0 atom stereocenters. The molecule has 7 heteroatoms. The molecule has 27 heavy (non-hydrogen) atoms. The number of nitrogens with one attached hydrogen (secondary N) is 3. The van der Waals surface area contributed by atoms with Crippen LogP contribution in [0, 0.1) is 13.8 Å². The van der Waals surface area contributed by atoms with E-state index in [1.165, 1.54) is 0 Å². The van der Waals surface area contributed by atoms with Crippen LogP contribution in [0.3, 0.4) is 0 Å². The number of methoxy groups -OCH3 is 1. The van der Waals surface area contributed by atoms with Crippen LogP contribution < -0.4 is 15.6 Å². The molecule has 0 aliphatic rings. The molecule has 138 valence electrons. The van der Waals surface area contributed by atoms with Crippen molar-refractivity contribution in [3.8, 4) is 17.0 Å². The minimum absolute atomic E-state index is 0.238. The van der Waals surface area contributed by atoms with Gasteiger partial charge in [0.25, 0.3) is 11.8 Å². The number of H-pyrrole nitrogens is 1. The molecule has 0 fully saturated rings. The summed E-state index contributed by atoms with van der Waals surface area (Å²) in [7, 11) is 1.60. The van der Waals surface area contributed by atoms with E-state index in [0.29, 0.717) is 11.3 Å². The van der Waals surface area contributed by atoms with Crippen LogP contribution in [0.4, 0.5) is 0 Å². The van der Waals surface area contributed by atoms with Crippen LogP contribution in [0.2, 0.25) is 0 Å². The smallest absolute Gasteiger partial charge is 0.287 e. The highest BCUT2D eigenvalue weighted by Crippen LogP contribution is 2.21. The second-order valence-electron chi connectivity index (χ2n) is 6.12. The Morgan fingerprint density at radius 1 is 0.963 bits per heavy atom. The quantitative estimate of drug-likeness (QED) is 0.620. The van der Waals surface area contributed by atoms with Crippen molar-refractivity contribution < 1.29 is 14.3 Å². The van der Waals surface area contributed by atoms with Crippen molar-refractivity contribution in [1.29, 1.82) is 0 Å². The van der Waals surface area contributed by atoms with Gasteiger partial charge in [-0.2, -0.15) is 5.10 Å². The van der Waals surface area contributed by atoms with Gasteiger partial charge in [0, 0.05) is 11.1 Å². The number of hydrogen-bond donors (Lipinski definition) is 3. The van der Waals surface area contributed by atoms with E-state index in [1.807, 2.05) is 50.2 Å². The third-order valence-electron chi connectivity index (χ3n) is 4.12. The fourth-order valence-electron chi connectivity index (χ4n) is 2.66. The molecule has 0 aliphatic heterocycles. The fraction of sp³-hybridized carbons (Fsp3) is 0.150. The molecule has 0 unspecified atom stereocenters. The van der Waals surface area contributed by atoms with Crippen LogP contribution in [0.25, 0.3) is 11.3 Å². The van der Waals surface area contributed by atoms with Gasteiger partial charge in [-0.1, -0.05) is 17.7 Å². The number of carbonyl (C=O) groups is 2. The molecule has 3 N–H and O–H groups in total. The molecular weight excluding hydrogens is 344 g/mol. The highest BCUT2D eigenvalue weighted by Gasteiger charge is 2.14. The minimum atomic E-state index is -0.486. The highest BCUT2D eigenvalue weighted by molar-refractivity contribution is 5.99. The molecule has 1 heterocycles. The first kappa shape index (κ1) is 18.2. The molecule has 0 radical (unpaired) electrons. The zero-order chi connectivity index (χ0) is 19.4. The predicted molar refractivity (Wildman–Crippen MR) is 101 cm³/mol. The molecular formula is C20H20N4O3. The first-order valence-electron chi connectivity index (χ1n) is 8.35. The summed E-state index contributed by atoms with van der Waals surface area (Å²) in [4.78, 5) is 24.5. The summed E-state index contributed by atoms with van der Waals surface area (Å²) in [6.07, 6.45) is 0. The first-order valence-corrected chi connectivity index (χ1v) is 8.35. The summed E-state index contributed by atoms with van der Waals surface area (Å²) in [5, 5.41) is 6.80. The molecule has 2 aromatic carbocycles. The molecule has 3 aromatic rings. The second kappa shape index (κ2) is 7.74. The fourth-order valence-corrected chi connectivity index (χ4v) is 2.66. The number of rotatable bonds is 4. The van der Waals surface area contributed by atoms with Gasteiger partial charge in [0.05, 0.1) is 12.8 Å². The van der Waals surface area contributed by atoms with Crippen molar-refractivity contribution in [3.63, 3.8) is 0 Å². The third-order valence-corrected chi connectivity index (χ3v) is 4.12. The van der Waals surface area contributed by atoms with Gasteiger partial charge in [-0.3, -0.25) is 25.5 Å². The monoisotopic (exact) mass is 364 g/mol. The number of hydrazine groups is 1. The number of aromatic amines is 1. The third kappa shape index (κ3) is 4.14. The lowest BCUT2D eigenvalue weighted by molar-refractivity contribution is 0.0843. The molecule has 7 nitrogen and oxygen atoms in total. The highest BCUT2D eigenvalue weighted by atomic mass is 16.5. The average molecular weight is 364 g/mol. The molecule has 3 rings (SSSR count). The van der Waals surface area contributed by atoms with Crippen LogP contribution in [0.1, 0.15) is 32.0 Å². The summed E-state index contributed by atoms with van der Waals surface area (Å²) in [6.45, 7) is 3.80. The zero-order valence-corrected chi connectivity index (χ0v) is 15.3. The van der Waals surface area contributed by atoms with E-state index in [-0.39, 0.29) is 11.6 Å². The molecule has 0 spiro atoms. The Morgan fingerprint density at radius 2 is 1.67 bits per heavy atom. The molecule has 2 amide bonds. The largest absolute Gasteiger partial charge is 0.497 e. The van der Waals surface area contributed by atoms with Crippen LogP contribution in [-0.4, -0.2) is 29.1 Å². The number of benzene rings is 2. The summed E-state index contributed by atoms with van der Waals surface area (Å²) in [6, 6.07) is 14.4. The van der Waals surface area contributed by atoms with E-state index in [0.717, 1.165) is 22.4 Å². The van der Waals surface area contributed by atoms with E-state index in [1.54, 1.807) is 19.2 Å². The molecule has 0 saturated heterocycles. The first-order chi connectivity index (χ1) is 13.0. The van der Waals surface area contributed by atoms with Gasteiger partial charge in [0.15, 0.2) is 0 Å². The topological polar surface area (TPSA) is 96.1 Å². The van der Waals surface area contributed by atoms with Crippen LogP contribution in [0.5, 0.6) is 5.75 Å². The van der Waals surface area contributed by atoms with E-state index >= 15 is 0 Å². The SMILES string of the molecule is COc1ccc(-c2cc(C(=O)NNC(=O)c3ccc(C)cc3C)[nH]n2)cc1. The van der Waals surface area contributed by atoms with Crippen molar-refractivity contribution in [1.82, 2.24) is 21.0 Å². The lowest BCUT2D eigenvalue weighted by atomic mass is 10.1. The van der Waals surface area contributed by atoms with Crippen LogP contribution in [0.15, 0.2) is 48.5 Å². The van der Waals surface area contributed by atoms with Crippen molar-refractivity contribution >= 4 is 11.8 Å². The van der Waals surface area contributed by atoms with E-state index in [2.05, 4.69) is 21.0 Å². The maximum Gasteiger partial charge on any atom is 0.287 e. The van der Waals surface area contributed by atoms with Gasteiger partial charge >= 0.3 is 0 Å². The van der Waals surface area contributed by atoms with Gasteiger partial charge < -0.3 is 4.74 Å². The minimum Gasteiger partial charge on any atom is -0.497 e. The number of nitrogens with zero attached hydrogens (tertiary/aromatic N) is 1. The maximum atomic E-state index is 12.2. The number of ether oxygens (including phenoxy) is 1.